The van der Waals surface area contributed by atoms with Gasteiger partial charge in [0.2, 0.25) is 11.8 Å². The summed E-state index contributed by atoms with van der Waals surface area (Å²) in [6, 6.07) is 7.41. The number of carbonyl (C=O) groups is 2. The van der Waals surface area contributed by atoms with Gasteiger partial charge in [0.1, 0.15) is 0 Å². The number of halogens is 1. The number of amides is 2. The normalized spacial score (nSPS) is 24.4. The Balaban J connectivity index is 1.82. The summed E-state index contributed by atoms with van der Waals surface area (Å²) in [6.07, 6.45) is 5.65. The lowest BCUT2D eigenvalue weighted by Crippen LogP contribution is -2.41. The van der Waals surface area contributed by atoms with Crippen molar-refractivity contribution in [3.8, 4) is 0 Å². The topological polar surface area (TPSA) is 37.4 Å². The van der Waals surface area contributed by atoms with E-state index < -0.39 is 0 Å². The summed E-state index contributed by atoms with van der Waals surface area (Å²) in [5.74, 6) is -0.404. The summed E-state index contributed by atoms with van der Waals surface area (Å²) in [4.78, 5) is 26.3. The molecule has 0 spiro atoms. The standard InChI is InChI=1S/C16H18ClNO2/c17-12-6-4-5-11(9-12)14-10-15(19)18(16(14)20)13-7-2-1-3-8-13/h4-6,9,13-14H,1-3,7-8,10H2/t14-/m0/s1. The highest BCUT2D eigenvalue weighted by atomic mass is 35.5. The van der Waals surface area contributed by atoms with Gasteiger partial charge in [-0.3, -0.25) is 14.5 Å². The number of hydrogen-bond acceptors (Lipinski definition) is 2. The van der Waals surface area contributed by atoms with Gasteiger partial charge in [0.25, 0.3) is 0 Å². The molecule has 1 atom stereocenters. The lowest BCUT2D eigenvalue weighted by atomic mass is 9.94. The molecule has 0 unspecified atom stereocenters. The van der Waals surface area contributed by atoms with Crippen LogP contribution in [0, 0.1) is 0 Å². The molecule has 2 fully saturated rings. The average molecular weight is 292 g/mol. The van der Waals surface area contributed by atoms with Crippen LogP contribution in [0.3, 0.4) is 0 Å². The third-order valence-corrected chi connectivity index (χ3v) is 4.61. The van der Waals surface area contributed by atoms with Crippen LogP contribution in [0.4, 0.5) is 0 Å². The predicted molar refractivity (Wildman–Crippen MR) is 77.5 cm³/mol. The first-order chi connectivity index (χ1) is 9.66. The molecule has 0 bridgehead atoms. The fourth-order valence-electron chi connectivity index (χ4n) is 3.36. The Morgan fingerprint density at radius 3 is 2.55 bits per heavy atom. The summed E-state index contributed by atoms with van der Waals surface area (Å²) in [5.41, 5.74) is 0.856. The number of carbonyl (C=O) groups excluding carboxylic acids is 2. The van der Waals surface area contributed by atoms with Crippen LogP contribution in [-0.4, -0.2) is 22.8 Å². The van der Waals surface area contributed by atoms with Crippen molar-refractivity contribution in [2.24, 2.45) is 0 Å². The summed E-state index contributed by atoms with van der Waals surface area (Å²) >= 11 is 5.98. The van der Waals surface area contributed by atoms with E-state index in [-0.39, 0.29) is 30.2 Å². The molecule has 1 aromatic rings. The third kappa shape index (κ3) is 2.47. The van der Waals surface area contributed by atoms with Crippen molar-refractivity contribution >= 4 is 23.4 Å². The van der Waals surface area contributed by atoms with Crippen molar-refractivity contribution in [2.75, 3.05) is 0 Å². The first kappa shape index (κ1) is 13.6. The Labute approximate surface area is 123 Å². The molecule has 0 aromatic heterocycles. The molecule has 1 saturated carbocycles. The summed E-state index contributed by atoms with van der Waals surface area (Å²) in [5, 5.41) is 0.610. The number of likely N-dealkylation sites (tertiary alicyclic amines) is 1. The summed E-state index contributed by atoms with van der Waals surface area (Å²) in [6.45, 7) is 0. The molecule has 1 aliphatic carbocycles. The minimum absolute atomic E-state index is 0.0214. The number of benzene rings is 1. The second kappa shape index (κ2) is 5.57. The molecule has 0 N–H and O–H groups in total. The van der Waals surface area contributed by atoms with Crippen LogP contribution in [0.5, 0.6) is 0 Å². The van der Waals surface area contributed by atoms with E-state index in [1.807, 2.05) is 12.1 Å². The summed E-state index contributed by atoms with van der Waals surface area (Å²) < 4.78 is 0. The van der Waals surface area contributed by atoms with E-state index in [2.05, 4.69) is 0 Å². The molecule has 106 valence electrons. The first-order valence-electron chi connectivity index (χ1n) is 7.28. The Morgan fingerprint density at radius 1 is 1.10 bits per heavy atom. The van der Waals surface area contributed by atoms with E-state index in [9.17, 15) is 9.59 Å². The Bertz CT molecular complexity index is 537. The molecule has 3 nitrogen and oxygen atoms in total. The van der Waals surface area contributed by atoms with Crippen molar-refractivity contribution in [2.45, 2.75) is 50.5 Å². The van der Waals surface area contributed by atoms with Gasteiger partial charge in [-0.2, -0.15) is 0 Å². The molecular formula is C16H18ClNO2. The second-order valence-electron chi connectivity index (χ2n) is 5.71. The minimum atomic E-state index is -0.344. The lowest BCUT2D eigenvalue weighted by Gasteiger charge is -2.29. The van der Waals surface area contributed by atoms with Crippen molar-refractivity contribution < 1.29 is 9.59 Å². The van der Waals surface area contributed by atoms with Gasteiger partial charge in [0, 0.05) is 17.5 Å². The van der Waals surface area contributed by atoms with Gasteiger partial charge in [-0.25, -0.2) is 0 Å². The minimum Gasteiger partial charge on any atom is -0.279 e. The second-order valence-corrected chi connectivity index (χ2v) is 6.14. The average Bonchev–Trinajstić information content (AvgIpc) is 2.75. The van der Waals surface area contributed by atoms with Gasteiger partial charge >= 0.3 is 0 Å². The highest BCUT2D eigenvalue weighted by molar-refractivity contribution is 6.30. The van der Waals surface area contributed by atoms with E-state index in [0.29, 0.717) is 5.02 Å². The van der Waals surface area contributed by atoms with Gasteiger partial charge in [0.15, 0.2) is 0 Å². The zero-order valence-corrected chi connectivity index (χ0v) is 12.1. The molecule has 0 radical (unpaired) electrons. The highest BCUT2D eigenvalue weighted by Crippen LogP contribution is 2.35. The van der Waals surface area contributed by atoms with Gasteiger partial charge in [-0.05, 0) is 30.5 Å². The Morgan fingerprint density at radius 2 is 1.85 bits per heavy atom. The Kier molecular flexibility index (Phi) is 3.79. The number of nitrogens with zero attached hydrogens (tertiary/aromatic N) is 1. The first-order valence-corrected chi connectivity index (χ1v) is 7.66. The summed E-state index contributed by atoms with van der Waals surface area (Å²) in [7, 11) is 0. The van der Waals surface area contributed by atoms with E-state index in [1.54, 1.807) is 12.1 Å². The SMILES string of the molecule is O=C1C[C@@H](c2cccc(Cl)c2)C(=O)N1C1CCCCC1. The fraction of sp³-hybridized carbons (Fsp3) is 0.500. The zero-order valence-electron chi connectivity index (χ0n) is 11.3. The predicted octanol–water partition coefficient (Wildman–Crippen LogP) is 3.52. The van der Waals surface area contributed by atoms with Crippen LogP contribution < -0.4 is 0 Å². The maximum atomic E-state index is 12.6. The number of imide groups is 1. The number of rotatable bonds is 2. The molecule has 1 aliphatic heterocycles. The maximum Gasteiger partial charge on any atom is 0.237 e. The van der Waals surface area contributed by atoms with Crippen LogP contribution in [0.2, 0.25) is 5.02 Å². The van der Waals surface area contributed by atoms with Crippen LogP contribution in [0.1, 0.15) is 50.0 Å². The molecule has 1 saturated heterocycles. The van der Waals surface area contributed by atoms with Gasteiger partial charge < -0.3 is 0 Å². The molecule has 1 aromatic carbocycles. The molecule has 3 rings (SSSR count). The van der Waals surface area contributed by atoms with Gasteiger partial charge in [-0.1, -0.05) is 43.0 Å². The van der Waals surface area contributed by atoms with Crippen LogP contribution in [0.15, 0.2) is 24.3 Å². The monoisotopic (exact) mass is 291 g/mol. The molecule has 4 heteroatoms. The van der Waals surface area contributed by atoms with Crippen LogP contribution in [-0.2, 0) is 9.59 Å². The third-order valence-electron chi connectivity index (χ3n) is 4.37. The van der Waals surface area contributed by atoms with Crippen LogP contribution >= 0.6 is 11.6 Å². The zero-order chi connectivity index (χ0) is 14.1. The fourth-order valence-corrected chi connectivity index (χ4v) is 3.56. The molecular weight excluding hydrogens is 274 g/mol. The number of hydrogen-bond donors (Lipinski definition) is 0. The smallest absolute Gasteiger partial charge is 0.237 e. The van der Waals surface area contributed by atoms with Crippen molar-refractivity contribution in [1.82, 2.24) is 4.90 Å². The van der Waals surface area contributed by atoms with Crippen molar-refractivity contribution in [3.05, 3.63) is 34.9 Å². The van der Waals surface area contributed by atoms with Gasteiger partial charge in [0.05, 0.1) is 5.92 Å². The van der Waals surface area contributed by atoms with Crippen molar-refractivity contribution in [1.29, 1.82) is 0 Å². The van der Waals surface area contributed by atoms with E-state index in [0.717, 1.165) is 31.2 Å². The van der Waals surface area contributed by atoms with E-state index in [1.165, 1.54) is 11.3 Å². The quantitative estimate of drug-likeness (QED) is 0.782. The molecule has 2 amide bonds. The van der Waals surface area contributed by atoms with E-state index in [4.69, 9.17) is 11.6 Å². The largest absolute Gasteiger partial charge is 0.279 e. The molecule has 2 aliphatic rings. The van der Waals surface area contributed by atoms with Crippen LogP contribution in [0.25, 0.3) is 0 Å². The van der Waals surface area contributed by atoms with E-state index >= 15 is 0 Å². The van der Waals surface area contributed by atoms with Crippen molar-refractivity contribution in [3.63, 3.8) is 0 Å². The molecule has 20 heavy (non-hydrogen) atoms. The van der Waals surface area contributed by atoms with Gasteiger partial charge in [-0.15, -0.1) is 0 Å². The molecule has 1 heterocycles. The highest BCUT2D eigenvalue weighted by Gasteiger charge is 2.43. The lowest BCUT2D eigenvalue weighted by molar-refractivity contribution is -0.142. The maximum absolute atomic E-state index is 12.6. The Hall–Kier alpha value is -1.35.